The lowest BCUT2D eigenvalue weighted by Gasteiger charge is -2.17. The minimum Gasteiger partial charge on any atom is -0.493 e. The Morgan fingerprint density at radius 1 is 1.20 bits per heavy atom. The average molecular weight is 362 g/mol. The van der Waals surface area contributed by atoms with Crippen LogP contribution in [0.3, 0.4) is 0 Å². The van der Waals surface area contributed by atoms with Crippen LogP contribution in [-0.4, -0.2) is 38.1 Å². The second-order valence-electron chi connectivity index (χ2n) is 5.17. The van der Waals surface area contributed by atoms with Crippen molar-refractivity contribution in [1.29, 1.82) is 0 Å². The largest absolute Gasteiger partial charge is 0.493 e. The monoisotopic (exact) mass is 362 g/mol. The number of hydrogen-bond acceptors (Lipinski definition) is 7. The zero-order valence-corrected chi connectivity index (χ0v) is 15.1. The van der Waals surface area contributed by atoms with E-state index in [1.54, 1.807) is 12.1 Å². The van der Waals surface area contributed by atoms with Crippen LogP contribution in [0.5, 0.6) is 17.2 Å². The third-order valence-electron chi connectivity index (χ3n) is 3.66. The molecule has 0 fully saturated rings. The summed E-state index contributed by atoms with van der Waals surface area (Å²) in [5, 5.41) is 7.58. The van der Waals surface area contributed by atoms with Crippen LogP contribution in [0.25, 0.3) is 0 Å². The molecule has 0 saturated heterocycles. The number of thiophene rings is 1. The normalized spacial score (nSPS) is 16.2. The van der Waals surface area contributed by atoms with E-state index in [0.717, 1.165) is 4.88 Å². The molecule has 1 aromatic heterocycles. The van der Waals surface area contributed by atoms with Gasteiger partial charge in [-0.25, -0.2) is 0 Å². The molecule has 25 heavy (non-hydrogen) atoms. The van der Waals surface area contributed by atoms with E-state index >= 15 is 0 Å². The topological polar surface area (TPSA) is 69.6 Å². The molecular weight excluding hydrogens is 344 g/mol. The summed E-state index contributed by atoms with van der Waals surface area (Å²) in [6, 6.07) is 7.27. The maximum Gasteiger partial charge on any atom is 0.243 e. The minimum atomic E-state index is -0.577. The van der Waals surface area contributed by atoms with Gasteiger partial charge in [0.25, 0.3) is 0 Å². The first-order valence-electron chi connectivity index (χ1n) is 7.48. The van der Waals surface area contributed by atoms with Crippen LogP contribution in [0.15, 0.2) is 34.7 Å². The molecular formula is C17H18N2O5S. The zero-order valence-electron chi connectivity index (χ0n) is 14.3. The van der Waals surface area contributed by atoms with Gasteiger partial charge < -0.3 is 18.9 Å². The fraction of sp³-hybridized carbons (Fsp3) is 0.294. The van der Waals surface area contributed by atoms with Crippen LogP contribution in [0.1, 0.15) is 23.6 Å². The van der Waals surface area contributed by atoms with Gasteiger partial charge in [-0.2, -0.15) is 5.01 Å². The van der Waals surface area contributed by atoms with Gasteiger partial charge >= 0.3 is 0 Å². The third-order valence-corrected chi connectivity index (χ3v) is 4.57. The molecule has 1 amide bonds. The minimum absolute atomic E-state index is 0.208. The Morgan fingerprint density at radius 3 is 2.36 bits per heavy atom. The number of carbonyl (C=O) groups excluding carboxylic acids is 1. The number of rotatable bonds is 5. The number of ether oxygens (including phenoxy) is 4. The van der Waals surface area contributed by atoms with Crippen molar-refractivity contribution >= 4 is 23.1 Å². The summed E-state index contributed by atoms with van der Waals surface area (Å²) in [6.07, 6.45) is -0.577. The first-order chi connectivity index (χ1) is 12.1. The van der Waals surface area contributed by atoms with E-state index in [1.807, 2.05) is 17.5 Å². The Bertz CT molecular complexity index is 778. The number of methoxy groups -OCH3 is 3. The molecule has 0 saturated carbocycles. The van der Waals surface area contributed by atoms with Crippen LogP contribution >= 0.6 is 11.3 Å². The van der Waals surface area contributed by atoms with E-state index in [0.29, 0.717) is 28.7 Å². The number of benzene rings is 1. The number of amides is 1. The van der Waals surface area contributed by atoms with Crippen molar-refractivity contribution in [3.05, 3.63) is 40.1 Å². The van der Waals surface area contributed by atoms with Gasteiger partial charge in [0, 0.05) is 12.5 Å². The molecule has 0 bridgehead atoms. The van der Waals surface area contributed by atoms with Gasteiger partial charge in [-0.1, -0.05) is 6.07 Å². The van der Waals surface area contributed by atoms with Crippen molar-refractivity contribution < 1.29 is 23.7 Å². The highest BCUT2D eigenvalue weighted by molar-refractivity contribution is 7.10. The average Bonchev–Trinajstić information content (AvgIpc) is 3.29. The first-order valence-corrected chi connectivity index (χ1v) is 8.35. The maximum atomic E-state index is 11.9. The van der Waals surface area contributed by atoms with E-state index in [9.17, 15) is 4.79 Å². The number of hydrogen-bond donors (Lipinski definition) is 0. The van der Waals surface area contributed by atoms with Gasteiger partial charge in [-0.3, -0.25) is 4.79 Å². The molecule has 1 atom stereocenters. The first kappa shape index (κ1) is 17.1. The second-order valence-corrected chi connectivity index (χ2v) is 6.15. The fourth-order valence-corrected chi connectivity index (χ4v) is 3.24. The number of hydrazone groups is 1. The van der Waals surface area contributed by atoms with Crippen molar-refractivity contribution in [2.24, 2.45) is 5.10 Å². The van der Waals surface area contributed by atoms with E-state index in [4.69, 9.17) is 18.9 Å². The van der Waals surface area contributed by atoms with E-state index in [-0.39, 0.29) is 5.91 Å². The predicted molar refractivity (Wildman–Crippen MR) is 93.3 cm³/mol. The molecule has 7 nitrogen and oxygen atoms in total. The van der Waals surface area contributed by atoms with Crippen molar-refractivity contribution in [3.63, 3.8) is 0 Å². The Labute approximate surface area is 149 Å². The highest BCUT2D eigenvalue weighted by Gasteiger charge is 2.34. The lowest BCUT2D eigenvalue weighted by atomic mass is 10.2. The molecule has 0 N–H and O–H groups in total. The molecule has 1 aromatic carbocycles. The highest BCUT2D eigenvalue weighted by atomic mass is 32.1. The molecule has 1 aliphatic rings. The van der Waals surface area contributed by atoms with E-state index in [2.05, 4.69) is 5.10 Å². The van der Waals surface area contributed by atoms with Gasteiger partial charge in [0.1, 0.15) is 0 Å². The van der Waals surface area contributed by atoms with Gasteiger partial charge in [-0.05, 0) is 23.6 Å². The molecule has 3 rings (SSSR count). The van der Waals surface area contributed by atoms with Gasteiger partial charge in [0.2, 0.25) is 23.8 Å². The number of nitrogens with zero attached hydrogens (tertiary/aromatic N) is 2. The van der Waals surface area contributed by atoms with Crippen LogP contribution in [0, 0.1) is 0 Å². The summed E-state index contributed by atoms with van der Waals surface area (Å²) in [7, 11) is 4.61. The quantitative estimate of drug-likeness (QED) is 0.818. The van der Waals surface area contributed by atoms with Crippen molar-refractivity contribution in [1.82, 2.24) is 5.01 Å². The van der Waals surface area contributed by atoms with Crippen molar-refractivity contribution in [2.45, 2.75) is 13.2 Å². The van der Waals surface area contributed by atoms with E-state index < -0.39 is 6.23 Å². The van der Waals surface area contributed by atoms with Gasteiger partial charge in [0.05, 0.1) is 26.2 Å². The Balaban J connectivity index is 2.01. The third kappa shape index (κ3) is 3.12. The SMILES string of the molecule is COc1cc(C2=NN(C(C)=O)[C@H](c3cccs3)O2)cc(OC)c1OC. The smallest absolute Gasteiger partial charge is 0.243 e. The Kier molecular flexibility index (Phi) is 4.80. The van der Waals surface area contributed by atoms with Crippen LogP contribution in [0.4, 0.5) is 0 Å². The highest BCUT2D eigenvalue weighted by Crippen LogP contribution is 2.40. The summed E-state index contributed by atoms with van der Waals surface area (Å²) < 4.78 is 22.0. The predicted octanol–water partition coefficient (Wildman–Crippen LogP) is 3.01. The Hall–Kier alpha value is -2.74. The summed E-state index contributed by atoms with van der Waals surface area (Å²) in [5.41, 5.74) is 0.625. The second kappa shape index (κ2) is 7.02. The van der Waals surface area contributed by atoms with Gasteiger partial charge in [-0.15, -0.1) is 16.4 Å². The summed E-state index contributed by atoms with van der Waals surface area (Å²) >= 11 is 1.50. The molecule has 2 heterocycles. The molecule has 8 heteroatoms. The van der Waals surface area contributed by atoms with Crippen LogP contribution in [-0.2, 0) is 9.53 Å². The lowest BCUT2D eigenvalue weighted by Crippen LogP contribution is -2.24. The maximum absolute atomic E-state index is 11.9. The molecule has 0 spiro atoms. The van der Waals surface area contributed by atoms with Crippen molar-refractivity contribution in [3.8, 4) is 17.2 Å². The number of carbonyl (C=O) groups is 1. The Morgan fingerprint density at radius 2 is 1.88 bits per heavy atom. The van der Waals surface area contributed by atoms with Gasteiger partial charge in [0.15, 0.2) is 11.5 Å². The molecule has 1 aliphatic heterocycles. The molecule has 0 aliphatic carbocycles. The molecule has 0 unspecified atom stereocenters. The van der Waals surface area contributed by atoms with Crippen LogP contribution in [0.2, 0.25) is 0 Å². The molecule has 0 radical (unpaired) electrons. The summed E-state index contributed by atoms with van der Waals surface area (Å²) in [5.74, 6) is 1.55. The summed E-state index contributed by atoms with van der Waals surface area (Å²) in [4.78, 5) is 12.8. The molecule has 132 valence electrons. The summed E-state index contributed by atoms with van der Waals surface area (Å²) in [6.45, 7) is 1.45. The molecule has 2 aromatic rings. The zero-order chi connectivity index (χ0) is 18.0. The van der Waals surface area contributed by atoms with Crippen molar-refractivity contribution in [2.75, 3.05) is 21.3 Å². The van der Waals surface area contributed by atoms with Crippen LogP contribution < -0.4 is 14.2 Å². The fourth-order valence-electron chi connectivity index (χ4n) is 2.51. The standard InChI is InChI=1S/C17H18N2O5S/c1-10(20)19-17(14-6-5-7-25-14)24-16(18-19)11-8-12(21-2)15(23-4)13(9-11)22-3/h5-9,17H,1-4H3/t17-/m0/s1. The van der Waals surface area contributed by atoms with E-state index in [1.165, 1.54) is 44.6 Å². The lowest BCUT2D eigenvalue weighted by molar-refractivity contribution is -0.135.